The summed E-state index contributed by atoms with van der Waals surface area (Å²) in [5, 5.41) is 11.5. The summed E-state index contributed by atoms with van der Waals surface area (Å²) in [5.74, 6) is -10.7. The van der Waals surface area contributed by atoms with Crippen LogP contribution < -0.4 is 21.3 Å². The maximum absolute atomic E-state index is 15.1. The standard InChI is InChI=1S/C67H100ClF4N11O11/c1-17-41(6)57-63(92)79(12)37-55(86)77(10)38-56(87)82(15)52(35-44-23-27-46(68)28-24-44)62(91)78(11)36-53(84)73-49(30-26-43-25-29-47(48(69)34-43)67(70,71)72)59(88)76-58(45-21-19-18-20-22-45)64(93)83(16)66(8,9)65(94)74-50(31-39(2)3)61(90)80(13)42(7)33-54(85)81(14)51(32-40(4)5)60(89)75-57/h23-25,27-29,34,39-42,45,49-52,57-58H,17-22,26,30-33,35-38H2,1-16H3,(H,73,84)(H,74,94)(H,75,89)(H,76,88)/t41-,42+,49-,50-,51-,52-,57-,58+/m0/s1. The largest absolute Gasteiger partial charge is 0.419 e. The van der Waals surface area contributed by atoms with E-state index < -0.39 is 162 Å². The molecule has 0 radical (unpaired) electrons. The molecule has 2 aromatic rings. The van der Waals surface area contributed by atoms with Gasteiger partial charge in [-0.1, -0.05) is 97.0 Å². The van der Waals surface area contributed by atoms with Gasteiger partial charge in [-0.2, -0.15) is 13.2 Å². The molecule has 0 spiro atoms. The first kappa shape index (κ1) is 79.1. The fourth-order valence-corrected chi connectivity index (χ4v) is 11.6. The van der Waals surface area contributed by atoms with Crippen molar-refractivity contribution in [2.75, 3.05) is 69.0 Å². The van der Waals surface area contributed by atoms with Crippen molar-refractivity contribution >= 4 is 76.6 Å². The summed E-state index contributed by atoms with van der Waals surface area (Å²) in [4.78, 5) is 168. The summed E-state index contributed by atoms with van der Waals surface area (Å²) in [6, 6.07) is 0.160. The molecule has 2 aliphatic rings. The summed E-state index contributed by atoms with van der Waals surface area (Å²) in [6.45, 7) is 13.7. The minimum atomic E-state index is -5.01. The maximum Gasteiger partial charge on any atom is 0.419 e. The van der Waals surface area contributed by atoms with E-state index in [0.29, 0.717) is 54.8 Å². The van der Waals surface area contributed by atoms with Gasteiger partial charge < -0.3 is 55.6 Å². The lowest BCUT2D eigenvalue weighted by Gasteiger charge is -2.40. The molecule has 94 heavy (non-hydrogen) atoms. The van der Waals surface area contributed by atoms with Crippen molar-refractivity contribution in [3.05, 3.63) is 70.0 Å². The second kappa shape index (κ2) is 34.9. The summed E-state index contributed by atoms with van der Waals surface area (Å²) < 4.78 is 56.0. The third kappa shape index (κ3) is 21.8. The second-order valence-electron chi connectivity index (χ2n) is 27.0. The fourth-order valence-electron chi connectivity index (χ4n) is 11.5. The Morgan fingerprint density at radius 3 is 1.73 bits per heavy atom. The number of nitrogens with one attached hydrogen (secondary N) is 4. The molecule has 0 bridgehead atoms. The third-order valence-corrected chi connectivity index (χ3v) is 18.6. The first-order chi connectivity index (χ1) is 43.7. The molecule has 2 fully saturated rings. The van der Waals surface area contributed by atoms with E-state index in [0.717, 1.165) is 37.0 Å². The molecular formula is C67H100ClF4N11O11. The Balaban J connectivity index is 1.86. The summed E-state index contributed by atoms with van der Waals surface area (Å²) in [5.41, 5.74) is -2.68. The van der Waals surface area contributed by atoms with E-state index in [1.165, 1.54) is 73.0 Å². The number of rotatable bonds is 12. The van der Waals surface area contributed by atoms with Crippen LogP contribution in [-0.2, 0) is 71.8 Å². The zero-order chi connectivity index (χ0) is 71.0. The number of carbonyl (C=O) groups excluding carboxylic acids is 11. The second-order valence-corrected chi connectivity index (χ2v) is 27.4. The van der Waals surface area contributed by atoms with Gasteiger partial charge in [0.15, 0.2) is 0 Å². The highest BCUT2D eigenvalue weighted by atomic mass is 35.5. The van der Waals surface area contributed by atoms with Crippen LogP contribution >= 0.6 is 11.6 Å². The number of amides is 11. The quantitative estimate of drug-likeness (QED) is 0.183. The van der Waals surface area contributed by atoms with Crippen molar-refractivity contribution in [2.24, 2.45) is 23.7 Å². The average molecular weight is 1350 g/mol. The Labute approximate surface area is 556 Å². The number of carbonyl (C=O) groups is 11. The Hall–Kier alpha value is -7.38. The first-order valence-electron chi connectivity index (χ1n) is 32.3. The van der Waals surface area contributed by atoms with Gasteiger partial charge in [0.05, 0.1) is 25.2 Å². The fraction of sp³-hybridized carbons (Fsp3) is 0.657. The summed E-state index contributed by atoms with van der Waals surface area (Å²) in [6.07, 6.45) is -2.23. The Kier molecular flexibility index (Phi) is 29.3. The Morgan fingerprint density at radius 2 is 1.17 bits per heavy atom. The van der Waals surface area contributed by atoms with Crippen LogP contribution in [0.5, 0.6) is 0 Å². The van der Waals surface area contributed by atoms with Crippen LogP contribution in [-0.4, -0.2) is 216 Å². The lowest BCUT2D eigenvalue weighted by molar-refractivity contribution is -0.149. The van der Waals surface area contributed by atoms with Crippen LogP contribution in [0.3, 0.4) is 0 Å². The molecule has 1 saturated heterocycles. The predicted molar refractivity (Wildman–Crippen MR) is 347 cm³/mol. The molecule has 11 amide bonds. The SMILES string of the molecule is CC[C@H](C)[C@@H]1NC(=O)[C@H](CC(C)C)N(C)C(=O)C[C@@H](C)N(C)C(=O)[C@H](CC(C)C)NC(=O)C(C)(C)N(C)C(=O)[C@@H](C2CCCCC2)NC(=O)[C@H](CCc2ccc(C(F)(F)F)c(F)c2)NC(=O)CN(C)C(=O)[C@H](Cc2ccc(Cl)cc2)N(C)C(=O)CN(C)C(=O)CN(C)C1=O. The molecule has 1 aliphatic heterocycles. The van der Waals surface area contributed by atoms with E-state index in [-0.39, 0.29) is 55.9 Å². The first-order valence-corrected chi connectivity index (χ1v) is 32.7. The van der Waals surface area contributed by atoms with E-state index in [1.54, 1.807) is 38.1 Å². The molecular weight excluding hydrogens is 1250 g/mol. The van der Waals surface area contributed by atoms with Crippen LogP contribution in [0, 0.1) is 29.5 Å². The normalized spacial score (nSPS) is 24.4. The highest BCUT2D eigenvalue weighted by Crippen LogP contribution is 2.33. The zero-order valence-corrected chi connectivity index (χ0v) is 58.3. The molecule has 4 N–H and O–H groups in total. The van der Waals surface area contributed by atoms with Crippen molar-refractivity contribution in [1.82, 2.24) is 55.6 Å². The molecule has 2 aromatic carbocycles. The van der Waals surface area contributed by atoms with Crippen LogP contribution in [0.2, 0.25) is 5.02 Å². The smallest absolute Gasteiger partial charge is 0.343 e. The van der Waals surface area contributed by atoms with E-state index in [2.05, 4.69) is 21.3 Å². The van der Waals surface area contributed by atoms with Gasteiger partial charge in [-0.05, 0) is 118 Å². The predicted octanol–water partition coefficient (Wildman–Crippen LogP) is 5.85. The molecule has 0 aromatic heterocycles. The molecule has 1 saturated carbocycles. The number of alkyl halides is 3. The number of hydrogen-bond acceptors (Lipinski definition) is 11. The van der Waals surface area contributed by atoms with E-state index >= 15 is 4.79 Å². The highest BCUT2D eigenvalue weighted by Gasteiger charge is 2.45. The molecule has 8 atom stereocenters. The summed E-state index contributed by atoms with van der Waals surface area (Å²) in [7, 11) is 9.62. The van der Waals surface area contributed by atoms with Crippen molar-refractivity contribution in [2.45, 2.75) is 193 Å². The molecule has 0 unspecified atom stereocenters. The lowest BCUT2D eigenvalue weighted by atomic mass is 9.82. The van der Waals surface area contributed by atoms with E-state index in [9.17, 15) is 65.5 Å². The van der Waals surface area contributed by atoms with Crippen molar-refractivity contribution in [3.8, 4) is 0 Å². The molecule has 1 aliphatic carbocycles. The van der Waals surface area contributed by atoms with E-state index in [4.69, 9.17) is 11.6 Å². The maximum atomic E-state index is 15.1. The number of benzene rings is 2. The number of nitrogens with zero attached hydrogens (tertiary/aromatic N) is 7. The van der Waals surface area contributed by atoms with Gasteiger partial charge in [0, 0.05) is 73.2 Å². The molecule has 1 heterocycles. The van der Waals surface area contributed by atoms with Crippen LogP contribution in [0.15, 0.2) is 42.5 Å². The monoisotopic (exact) mass is 1350 g/mol. The van der Waals surface area contributed by atoms with Crippen LogP contribution in [0.4, 0.5) is 17.6 Å². The molecule has 4 rings (SSSR count). The van der Waals surface area contributed by atoms with Gasteiger partial charge in [0.1, 0.15) is 47.6 Å². The number of hydrogen-bond donors (Lipinski definition) is 4. The highest BCUT2D eigenvalue weighted by molar-refractivity contribution is 6.30. The van der Waals surface area contributed by atoms with Crippen LogP contribution in [0.25, 0.3) is 0 Å². The Bertz CT molecular complexity index is 3020. The number of likely N-dealkylation sites (N-methyl/N-ethyl adjacent to an activating group) is 7. The van der Waals surface area contributed by atoms with Gasteiger partial charge >= 0.3 is 6.18 Å². The zero-order valence-electron chi connectivity index (χ0n) is 57.5. The minimum Gasteiger partial charge on any atom is -0.343 e. The van der Waals surface area contributed by atoms with Gasteiger partial charge in [-0.3, -0.25) is 52.7 Å². The molecule has 27 heteroatoms. The summed E-state index contributed by atoms with van der Waals surface area (Å²) >= 11 is 6.21. The third-order valence-electron chi connectivity index (χ3n) is 18.3. The minimum absolute atomic E-state index is 0.0272. The average Bonchev–Trinajstić information content (AvgIpc) is 0.816. The topological polar surface area (TPSA) is 259 Å². The van der Waals surface area contributed by atoms with E-state index in [1.807, 2.05) is 34.6 Å². The van der Waals surface area contributed by atoms with Crippen molar-refractivity contribution < 1.29 is 70.3 Å². The lowest BCUT2D eigenvalue weighted by Crippen LogP contribution is -2.64. The molecule has 22 nitrogen and oxygen atoms in total. The van der Waals surface area contributed by atoms with Gasteiger partial charge in [-0.25, -0.2) is 4.39 Å². The Morgan fingerprint density at radius 1 is 0.606 bits per heavy atom. The number of aryl methyl sites for hydroxylation is 1. The molecule has 524 valence electrons. The van der Waals surface area contributed by atoms with Gasteiger partial charge in [-0.15, -0.1) is 0 Å². The van der Waals surface area contributed by atoms with Crippen molar-refractivity contribution in [1.29, 1.82) is 0 Å². The van der Waals surface area contributed by atoms with Crippen LogP contribution in [0.1, 0.15) is 143 Å². The number of halogens is 5. The van der Waals surface area contributed by atoms with Crippen molar-refractivity contribution in [3.63, 3.8) is 0 Å². The van der Waals surface area contributed by atoms with Gasteiger partial charge in [0.2, 0.25) is 65.0 Å². The van der Waals surface area contributed by atoms with Gasteiger partial charge in [0.25, 0.3) is 0 Å².